The van der Waals surface area contributed by atoms with Crippen LogP contribution in [-0.2, 0) is 0 Å². The summed E-state index contributed by atoms with van der Waals surface area (Å²) in [6, 6.07) is 50.8. The van der Waals surface area contributed by atoms with Gasteiger partial charge in [0.2, 0.25) is 0 Å². The van der Waals surface area contributed by atoms with Gasteiger partial charge in [0, 0.05) is 29.3 Å². The van der Waals surface area contributed by atoms with Crippen LogP contribution in [0.15, 0.2) is 151 Å². The Labute approximate surface area is 242 Å². The fourth-order valence-electron chi connectivity index (χ4n) is 5.30. The van der Waals surface area contributed by atoms with Gasteiger partial charge in [0.15, 0.2) is 0 Å². The molecule has 202 valence electrons. The van der Waals surface area contributed by atoms with E-state index in [1.807, 2.05) is 12.1 Å². The van der Waals surface area contributed by atoms with Crippen LogP contribution in [0.25, 0.3) is 45.0 Å². The molecule has 0 spiro atoms. The van der Waals surface area contributed by atoms with Crippen molar-refractivity contribution in [1.82, 2.24) is 9.35 Å². The van der Waals surface area contributed by atoms with Crippen LogP contribution in [0, 0.1) is 0 Å². The molecule has 2 aromatic heterocycles. The zero-order valence-corrected chi connectivity index (χ0v) is 23.7. The Morgan fingerprint density at radius 2 is 0.829 bits per heavy atom. The molecule has 41 heavy (non-hydrogen) atoms. The van der Waals surface area contributed by atoms with Crippen LogP contribution in [0.2, 0.25) is 0 Å². The third-order valence-electron chi connectivity index (χ3n) is 7.73. The van der Waals surface area contributed by atoms with E-state index in [4.69, 9.17) is 5.10 Å². The van der Waals surface area contributed by atoms with Crippen LogP contribution in [0.4, 0.5) is 0 Å². The number of hydrogen-bond acceptors (Lipinski definition) is 2. The highest BCUT2D eigenvalue weighted by molar-refractivity contribution is 5.89. The number of benzene rings is 4. The Kier molecular flexibility index (Phi) is 7.38. The second kappa shape index (κ2) is 11.6. The summed E-state index contributed by atoms with van der Waals surface area (Å²) >= 11 is 0. The first-order valence-corrected chi connectivity index (χ1v) is 14.1. The Morgan fingerprint density at radius 3 is 1.20 bits per heavy atom. The number of nitrogens with zero attached hydrogens (tertiary/aromatic N) is 4. The molecule has 0 aliphatic heterocycles. The van der Waals surface area contributed by atoms with Crippen molar-refractivity contribution in [1.29, 1.82) is 0 Å². The molecule has 4 aromatic carbocycles. The predicted octanol–water partition coefficient (Wildman–Crippen LogP) is 8.84. The molecule has 0 N–H and O–H groups in total. The molecule has 4 heteroatoms. The standard InChI is InChI=1S/C37H34N4/c1-28(38-40-34(30-16-8-4-9-17-30)24-25-35(40)31-18-10-5-11-19-31)29(2)39(3)41-36(32-20-12-6-13-21-32)26-27-37(41)33-22-14-7-15-23-33/h4-27,29H,1-3H3/b38-28+. The van der Waals surface area contributed by atoms with Gasteiger partial charge in [0.25, 0.3) is 0 Å². The van der Waals surface area contributed by atoms with Gasteiger partial charge >= 0.3 is 0 Å². The lowest BCUT2D eigenvalue weighted by Gasteiger charge is -2.32. The van der Waals surface area contributed by atoms with E-state index in [1.165, 1.54) is 11.1 Å². The van der Waals surface area contributed by atoms with Crippen molar-refractivity contribution in [2.45, 2.75) is 19.9 Å². The quantitative estimate of drug-likeness (QED) is 0.179. The maximum absolute atomic E-state index is 5.29. The summed E-state index contributed by atoms with van der Waals surface area (Å²) in [5.74, 6) is 0. The second-order valence-corrected chi connectivity index (χ2v) is 10.3. The summed E-state index contributed by atoms with van der Waals surface area (Å²) in [6.07, 6.45) is 0. The fraction of sp³-hybridized carbons (Fsp3) is 0.108. The van der Waals surface area contributed by atoms with Gasteiger partial charge in [-0.05, 0) is 38.1 Å². The van der Waals surface area contributed by atoms with Gasteiger partial charge in [-0.2, -0.15) is 5.10 Å². The molecule has 1 atom stereocenters. The van der Waals surface area contributed by atoms with Crippen LogP contribution in [0.3, 0.4) is 0 Å². The summed E-state index contributed by atoms with van der Waals surface area (Å²) in [7, 11) is 2.15. The SMILES string of the molecule is C/C(=N\n1c(-c2ccccc2)ccc1-c1ccccc1)C(C)N(C)n1c(-c2ccccc2)ccc1-c1ccccc1. The average molecular weight is 535 g/mol. The van der Waals surface area contributed by atoms with E-state index in [1.54, 1.807) is 0 Å². The molecule has 2 heterocycles. The summed E-state index contributed by atoms with van der Waals surface area (Å²) in [6.45, 7) is 4.34. The zero-order valence-electron chi connectivity index (χ0n) is 23.7. The van der Waals surface area contributed by atoms with E-state index in [0.717, 1.165) is 39.6 Å². The van der Waals surface area contributed by atoms with E-state index in [-0.39, 0.29) is 6.04 Å². The highest BCUT2D eigenvalue weighted by Gasteiger charge is 2.21. The van der Waals surface area contributed by atoms with E-state index in [9.17, 15) is 0 Å². The van der Waals surface area contributed by atoms with E-state index >= 15 is 0 Å². The van der Waals surface area contributed by atoms with Gasteiger partial charge in [-0.15, -0.1) is 0 Å². The minimum atomic E-state index is 0.00183. The van der Waals surface area contributed by atoms with Gasteiger partial charge in [-0.1, -0.05) is 121 Å². The fourth-order valence-corrected chi connectivity index (χ4v) is 5.30. The number of aromatic nitrogens is 2. The van der Waals surface area contributed by atoms with Gasteiger partial charge in [-0.3, -0.25) is 4.68 Å². The van der Waals surface area contributed by atoms with Crippen molar-refractivity contribution in [3.05, 3.63) is 146 Å². The summed E-state index contributed by atoms with van der Waals surface area (Å²) in [5.41, 5.74) is 10.0. The van der Waals surface area contributed by atoms with Crippen molar-refractivity contribution in [3.8, 4) is 45.0 Å². The van der Waals surface area contributed by atoms with Crippen molar-refractivity contribution >= 4 is 5.71 Å². The second-order valence-electron chi connectivity index (χ2n) is 10.3. The third kappa shape index (κ3) is 5.24. The molecule has 0 radical (unpaired) electrons. The first-order chi connectivity index (χ1) is 20.1. The molecular formula is C37H34N4. The molecule has 6 rings (SSSR count). The van der Waals surface area contributed by atoms with Crippen molar-refractivity contribution < 1.29 is 0 Å². The minimum Gasteiger partial charge on any atom is -0.307 e. The van der Waals surface area contributed by atoms with Crippen molar-refractivity contribution in [2.75, 3.05) is 12.1 Å². The molecule has 6 aromatic rings. The van der Waals surface area contributed by atoms with Crippen LogP contribution < -0.4 is 5.01 Å². The molecule has 4 nitrogen and oxygen atoms in total. The predicted molar refractivity (Wildman–Crippen MR) is 173 cm³/mol. The monoisotopic (exact) mass is 534 g/mol. The maximum atomic E-state index is 5.29. The Morgan fingerprint density at radius 1 is 0.512 bits per heavy atom. The normalized spacial score (nSPS) is 12.3. The molecule has 1 unspecified atom stereocenters. The van der Waals surface area contributed by atoms with Crippen LogP contribution in [0.5, 0.6) is 0 Å². The van der Waals surface area contributed by atoms with Crippen LogP contribution in [0.1, 0.15) is 13.8 Å². The minimum absolute atomic E-state index is 0.00183. The van der Waals surface area contributed by atoms with E-state index < -0.39 is 0 Å². The maximum Gasteiger partial charge on any atom is 0.0819 e. The molecule has 0 bridgehead atoms. The van der Waals surface area contributed by atoms with Gasteiger partial charge in [0.1, 0.15) is 0 Å². The van der Waals surface area contributed by atoms with Gasteiger partial charge < -0.3 is 5.01 Å². The average Bonchev–Trinajstić information content (AvgIpc) is 3.67. The molecular weight excluding hydrogens is 500 g/mol. The summed E-state index contributed by atoms with van der Waals surface area (Å²) in [4.78, 5) is 0. The Balaban J connectivity index is 1.44. The molecule has 0 saturated heterocycles. The first kappa shape index (κ1) is 26.1. The lowest BCUT2D eigenvalue weighted by atomic mass is 10.1. The molecule has 0 aliphatic carbocycles. The molecule has 0 saturated carbocycles. The molecule has 0 aliphatic rings. The third-order valence-corrected chi connectivity index (χ3v) is 7.73. The molecule has 0 amide bonds. The Bertz CT molecular complexity index is 1630. The highest BCUT2D eigenvalue weighted by atomic mass is 15.6. The van der Waals surface area contributed by atoms with Crippen molar-refractivity contribution in [3.63, 3.8) is 0 Å². The van der Waals surface area contributed by atoms with E-state index in [2.05, 4.69) is 169 Å². The number of rotatable bonds is 8. The van der Waals surface area contributed by atoms with Gasteiger partial charge in [-0.25, -0.2) is 4.68 Å². The van der Waals surface area contributed by atoms with Crippen molar-refractivity contribution in [2.24, 2.45) is 5.10 Å². The first-order valence-electron chi connectivity index (χ1n) is 14.1. The lowest BCUT2D eigenvalue weighted by molar-refractivity contribution is 0.631. The number of hydrogen-bond donors (Lipinski definition) is 0. The highest BCUT2D eigenvalue weighted by Crippen LogP contribution is 2.31. The van der Waals surface area contributed by atoms with Gasteiger partial charge in [0.05, 0.1) is 34.5 Å². The lowest BCUT2D eigenvalue weighted by Crippen LogP contribution is -2.43. The zero-order chi connectivity index (χ0) is 28.2. The summed E-state index contributed by atoms with van der Waals surface area (Å²) in [5, 5.41) is 7.57. The smallest absolute Gasteiger partial charge is 0.0819 e. The Hall–Kier alpha value is -5.09. The van der Waals surface area contributed by atoms with Crippen LogP contribution in [-0.4, -0.2) is 28.2 Å². The van der Waals surface area contributed by atoms with Crippen LogP contribution >= 0.6 is 0 Å². The summed E-state index contributed by atoms with van der Waals surface area (Å²) < 4.78 is 4.41. The largest absolute Gasteiger partial charge is 0.307 e. The van der Waals surface area contributed by atoms with E-state index in [0.29, 0.717) is 0 Å². The topological polar surface area (TPSA) is 25.5 Å². The molecule has 0 fully saturated rings.